The molecule has 5 nitrogen and oxygen atoms in total. The van der Waals surface area contributed by atoms with E-state index in [4.69, 9.17) is 18.8 Å². The van der Waals surface area contributed by atoms with Crippen LogP contribution >= 0.6 is 7.82 Å². The van der Waals surface area contributed by atoms with Gasteiger partial charge in [-0.05, 0) is 13.8 Å². The van der Waals surface area contributed by atoms with Gasteiger partial charge in [0.05, 0.1) is 32.3 Å². The molecule has 0 bridgehead atoms. The van der Waals surface area contributed by atoms with Gasteiger partial charge in [0.1, 0.15) is 0 Å². The third-order valence-corrected chi connectivity index (χ3v) is 2.69. The predicted molar refractivity (Wildman–Crippen MR) is 47.0 cm³/mol. The number of hydrogen-bond donors (Lipinski definition) is 0. The van der Waals surface area contributed by atoms with E-state index in [2.05, 4.69) is 0 Å². The van der Waals surface area contributed by atoms with E-state index in [9.17, 15) is 4.57 Å². The largest absolute Gasteiger partial charge is 0.474 e. The Labute approximate surface area is 78.2 Å². The molecule has 0 aliphatic carbocycles. The number of phosphoric acid groups is 1. The number of nitriles is 1. The summed E-state index contributed by atoms with van der Waals surface area (Å²) in [6.45, 7) is 3.96. The van der Waals surface area contributed by atoms with Crippen LogP contribution in [0.15, 0.2) is 0 Å². The molecule has 0 saturated carbocycles. The van der Waals surface area contributed by atoms with Crippen LogP contribution in [0.5, 0.6) is 0 Å². The van der Waals surface area contributed by atoms with Crippen molar-refractivity contribution in [2.75, 3.05) is 19.8 Å². The normalized spacial score (nSPS) is 11.2. The van der Waals surface area contributed by atoms with E-state index < -0.39 is 7.82 Å². The molecule has 0 spiro atoms. The maximum absolute atomic E-state index is 11.5. The fraction of sp³-hybridized carbons (Fsp3) is 0.857. The van der Waals surface area contributed by atoms with Gasteiger partial charge >= 0.3 is 7.82 Å². The Hall–Kier alpha value is -0.400. The number of hydrogen-bond acceptors (Lipinski definition) is 5. The Balaban J connectivity index is 3.93. The first kappa shape index (κ1) is 12.6. The molecule has 0 aliphatic rings. The second kappa shape index (κ2) is 7.05. The first-order valence-electron chi connectivity index (χ1n) is 4.09. The smallest absolute Gasteiger partial charge is 0.287 e. The van der Waals surface area contributed by atoms with Crippen LogP contribution in [0, 0.1) is 11.3 Å². The lowest BCUT2D eigenvalue weighted by molar-refractivity contribution is 0.123. The zero-order chi connectivity index (χ0) is 10.2. The summed E-state index contributed by atoms with van der Waals surface area (Å²) in [4.78, 5) is 0. The van der Waals surface area contributed by atoms with Crippen molar-refractivity contribution >= 4 is 7.82 Å². The molecule has 13 heavy (non-hydrogen) atoms. The molecule has 0 amide bonds. The molecule has 0 aliphatic heterocycles. The molecular formula is C7H14NO4P. The highest BCUT2D eigenvalue weighted by molar-refractivity contribution is 7.48. The fourth-order valence-corrected chi connectivity index (χ4v) is 1.80. The molecule has 6 heteroatoms. The summed E-state index contributed by atoms with van der Waals surface area (Å²) >= 11 is 0. The maximum atomic E-state index is 11.5. The summed E-state index contributed by atoms with van der Waals surface area (Å²) in [6, 6.07) is 1.87. The Bertz CT molecular complexity index is 203. The molecule has 0 rings (SSSR count). The van der Waals surface area contributed by atoms with E-state index in [1.54, 1.807) is 13.8 Å². The van der Waals surface area contributed by atoms with Crippen LogP contribution < -0.4 is 0 Å². The predicted octanol–water partition coefficient (Wildman–Crippen LogP) is 2.10. The van der Waals surface area contributed by atoms with Crippen molar-refractivity contribution in [3.63, 3.8) is 0 Å². The van der Waals surface area contributed by atoms with Crippen molar-refractivity contribution < 1.29 is 18.1 Å². The van der Waals surface area contributed by atoms with Gasteiger partial charge in [-0.2, -0.15) is 5.26 Å². The van der Waals surface area contributed by atoms with Crippen molar-refractivity contribution in [2.45, 2.75) is 20.3 Å². The Morgan fingerprint density at radius 1 is 1.23 bits per heavy atom. The SMILES string of the molecule is CCOP(=O)(OCC)OCCC#N. The second-order valence-corrected chi connectivity index (χ2v) is 3.69. The van der Waals surface area contributed by atoms with Crippen molar-refractivity contribution in [3.05, 3.63) is 0 Å². The molecule has 0 atom stereocenters. The summed E-state index contributed by atoms with van der Waals surface area (Å²) in [5.41, 5.74) is 0. The topological polar surface area (TPSA) is 68.6 Å². The monoisotopic (exact) mass is 207 g/mol. The van der Waals surface area contributed by atoms with Gasteiger partial charge in [-0.15, -0.1) is 0 Å². The molecule has 0 fully saturated rings. The first-order valence-corrected chi connectivity index (χ1v) is 5.55. The minimum Gasteiger partial charge on any atom is -0.287 e. The van der Waals surface area contributed by atoms with E-state index >= 15 is 0 Å². The van der Waals surface area contributed by atoms with E-state index in [0.29, 0.717) is 0 Å². The highest BCUT2D eigenvalue weighted by Gasteiger charge is 2.24. The lowest BCUT2D eigenvalue weighted by Crippen LogP contribution is -2.00. The molecule has 0 aromatic heterocycles. The molecule has 0 unspecified atom stereocenters. The van der Waals surface area contributed by atoms with Crippen LogP contribution in [0.1, 0.15) is 20.3 Å². The molecule has 0 N–H and O–H groups in total. The Morgan fingerprint density at radius 3 is 2.15 bits per heavy atom. The molecule has 0 saturated heterocycles. The highest BCUT2D eigenvalue weighted by atomic mass is 31.2. The van der Waals surface area contributed by atoms with Crippen LogP contribution in [-0.4, -0.2) is 19.8 Å². The summed E-state index contributed by atoms with van der Waals surface area (Å²) in [6.07, 6.45) is 0.171. The van der Waals surface area contributed by atoms with Gasteiger partial charge in [0, 0.05) is 0 Å². The number of rotatable bonds is 7. The van der Waals surface area contributed by atoms with Crippen molar-refractivity contribution in [1.82, 2.24) is 0 Å². The van der Waals surface area contributed by atoms with Gasteiger partial charge in [-0.25, -0.2) is 4.57 Å². The Morgan fingerprint density at radius 2 is 1.77 bits per heavy atom. The second-order valence-electron chi connectivity index (χ2n) is 2.02. The molecule has 0 aromatic carbocycles. The van der Waals surface area contributed by atoms with Gasteiger partial charge < -0.3 is 0 Å². The summed E-state index contributed by atoms with van der Waals surface area (Å²) in [5.74, 6) is 0. The van der Waals surface area contributed by atoms with Crippen molar-refractivity contribution in [3.8, 4) is 6.07 Å². The fourth-order valence-electron chi connectivity index (χ4n) is 0.631. The summed E-state index contributed by atoms with van der Waals surface area (Å²) in [7, 11) is -3.40. The van der Waals surface area contributed by atoms with Crippen LogP contribution in [0.3, 0.4) is 0 Å². The molecule has 0 heterocycles. The minimum atomic E-state index is -3.40. The average molecular weight is 207 g/mol. The van der Waals surface area contributed by atoms with Gasteiger partial charge in [0.25, 0.3) is 0 Å². The maximum Gasteiger partial charge on any atom is 0.474 e. The summed E-state index contributed by atoms with van der Waals surface area (Å²) in [5, 5.41) is 8.22. The van der Waals surface area contributed by atoms with Gasteiger partial charge in [0.2, 0.25) is 0 Å². The molecule has 0 radical (unpaired) electrons. The van der Waals surface area contributed by atoms with Gasteiger partial charge in [0.15, 0.2) is 0 Å². The van der Waals surface area contributed by atoms with E-state index in [0.717, 1.165) is 0 Å². The third kappa shape index (κ3) is 5.78. The quantitative estimate of drug-likeness (QED) is 0.472. The number of nitrogens with zero attached hydrogens (tertiary/aromatic N) is 1. The Kier molecular flexibility index (Phi) is 6.83. The van der Waals surface area contributed by atoms with E-state index in [-0.39, 0.29) is 26.2 Å². The van der Waals surface area contributed by atoms with Gasteiger partial charge in [-0.1, -0.05) is 0 Å². The minimum absolute atomic E-state index is 0.0633. The zero-order valence-electron chi connectivity index (χ0n) is 7.86. The number of phosphoric ester groups is 1. The van der Waals surface area contributed by atoms with Gasteiger partial charge in [-0.3, -0.25) is 13.6 Å². The third-order valence-electron chi connectivity index (χ3n) is 1.04. The van der Waals surface area contributed by atoms with Crippen LogP contribution in [-0.2, 0) is 18.1 Å². The zero-order valence-corrected chi connectivity index (χ0v) is 8.75. The standard InChI is InChI=1S/C7H14NO4P/c1-3-10-13(9,11-4-2)12-7-5-6-8/h3-5,7H2,1-2H3. The molecule has 0 aromatic rings. The summed E-state index contributed by atoms with van der Waals surface area (Å²) < 4.78 is 26.0. The first-order chi connectivity index (χ1) is 6.18. The van der Waals surface area contributed by atoms with Crippen LogP contribution in [0.2, 0.25) is 0 Å². The van der Waals surface area contributed by atoms with Crippen molar-refractivity contribution in [2.24, 2.45) is 0 Å². The van der Waals surface area contributed by atoms with E-state index in [1.807, 2.05) is 6.07 Å². The lowest BCUT2D eigenvalue weighted by atomic mass is 10.5. The van der Waals surface area contributed by atoms with Crippen LogP contribution in [0.4, 0.5) is 0 Å². The molecule has 76 valence electrons. The lowest BCUT2D eigenvalue weighted by Gasteiger charge is -2.15. The highest BCUT2D eigenvalue weighted by Crippen LogP contribution is 2.49. The average Bonchev–Trinajstić information content (AvgIpc) is 2.05. The van der Waals surface area contributed by atoms with E-state index in [1.165, 1.54) is 0 Å². The molecular weight excluding hydrogens is 193 g/mol. The van der Waals surface area contributed by atoms with Crippen LogP contribution in [0.25, 0.3) is 0 Å². The van der Waals surface area contributed by atoms with Crippen molar-refractivity contribution in [1.29, 1.82) is 5.26 Å².